The van der Waals surface area contributed by atoms with Gasteiger partial charge in [-0.2, -0.15) is 4.98 Å². The van der Waals surface area contributed by atoms with E-state index in [9.17, 15) is 0 Å². The zero-order valence-electron chi connectivity index (χ0n) is 13.6. The van der Waals surface area contributed by atoms with Gasteiger partial charge in [-0.3, -0.25) is 0 Å². The quantitative estimate of drug-likeness (QED) is 0.875. The van der Waals surface area contributed by atoms with Crippen LogP contribution in [0.15, 0.2) is 12.3 Å². The van der Waals surface area contributed by atoms with E-state index in [0.717, 1.165) is 18.5 Å². The molecule has 22 heavy (non-hydrogen) atoms. The number of nitrogens with one attached hydrogen (secondary N) is 1. The van der Waals surface area contributed by atoms with Crippen molar-refractivity contribution in [3.8, 4) is 5.88 Å². The molecule has 5 heteroatoms. The molecule has 1 aromatic heterocycles. The SMILES string of the molecule is CCOc1ccnc(NCC2CCN(C3CCCC3)CC2)n1. The number of nitrogens with zero attached hydrogens (tertiary/aromatic N) is 3. The first kappa shape index (κ1) is 15.5. The Morgan fingerprint density at radius 3 is 2.73 bits per heavy atom. The van der Waals surface area contributed by atoms with E-state index in [2.05, 4.69) is 20.2 Å². The van der Waals surface area contributed by atoms with Gasteiger partial charge in [0.15, 0.2) is 0 Å². The van der Waals surface area contributed by atoms with Gasteiger partial charge < -0.3 is 15.0 Å². The second kappa shape index (κ2) is 7.77. The first-order valence-corrected chi connectivity index (χ1v) is 8.79. The number of ether oxygens (including phenoxy) is 1. The minimum Gasteiger partial charge on any atom is -0.478 e. The van der Waals surface area contributed by atoms with Crippen LogP contribution in [0.1, 0.15) is 45.4 Å². The third kappa shape index (κ3) is 4.09. The molecule has 2 heterocycles. The summed E-state index contributed by atoms with van der Waals surface area (Å²) in [7, 11) is 0. The Balaban J connectivity index is 1.42. The van der Waals surface area contributed by atoms with Crippen LogP contribution in [-0.2, 0) is 0 Å². The third-order valence-electron chi connectivity index (χ3n) is 4.96. The standard InChI is InChI=1S/C17H28N4O/c1-2-22-16-7-10-18-17(20-16)19-13-14-8-11-21(12-9-14)15-5-3-4-6-15/h7,10,14-15H,2-6,8-9,11-13H2,1H3,(H,18,19,20). The van der Waals surface area contributed by atoms with Gasteiger partial charge in [0.25, 0.3) is 0 Å². The molecule has 2 aliphatic rings. The Morgan fingerprint density at radius 1 is 1.23 bits per heavy atom. The molecule has 1 aromatic rings. The normalized spacial score (nSPS) is 21.1. The predicted octanol–water partition coefficient (Wildman–Crippen LogP) is 2.94. The van der Waals surface area contributed by atoms with Crippen LogP contribution >= 0.6 is 0 Å². The van der Waals surface area contributed by atoms with Crippen molar-refractivity contribution in [2.45, 2.75) is 51.5 Å². The van der Waals surface area contributed by atoms with Crippen molar-refractivity contribution in [2.75, 3.05) is 31.6 Å². The van der Waals surface area contributed by atoms with Gasteiger partial charge in [-0.1, -0.05) is 12.8 Å². The van der Waals surface area contributed by atoms with Crippen LogP contribution in [0, 0.1) is 5.92 Å². The van der Waals surface area contributed by atoms with Crippen LogP contribution in [0.5, 0.6) is 5.88 Å². The van der Waals surface area contributed by atoms with Crippen molar-refractivity contribution in [2.24, 2.45) is 5.92 Å². The van der Waals surface area contributed by atoms with Crippen molar-refractivity contribution in [1.29, 1.82) is 0 Å². The van der Waals surface area contributed by atoms with Gasteiger partial charge in [-0.15, -0.1) is 0 Å². The second-order valence-electron chi connectivity index (χ2n) is 6.45. The van der Waals surface area contributed by atoms with Crippen LogP contribution in [0.2, 0.25) is 0 Å². The molecule has 5 nitrogen and oxygen atoms in total. The molecule has 1 saturated carbocycles. The lowest BCUT2D eigenvalue weighted by molar-refractivity contribution is 0.138. The summed E-state index contributed by atoms with van der Waals surface area (Å²) in [5, 5.41) is 3.38. The number of rotatable bonds is 6. The molecule has 0 unspecified atom stereocenters. The van der Waals surface area contributed by atoms with E-state index < -0.39 is 0 Å². The summed E-state index contributed by atoms with van der Waals surface area (Å²) in [4.78, 5) is 11.4. The third-order valence-corrected chi connectivity index (χ3v) is 4.96. The van der Waals surface area contributed by atoms with Crippen LogP contribution in [0.3, 0.4) is 0 Å². The molecule has 122 valence electrons. The Labute approximate surface area is 133 Å². The highest BCUT2D eigenvalue weighted by molar-refractivity contribution is 5.27. The Kier molecular flexibility index (Phi) is 5.48. The highest BCUT2D eigenvalue weighted by Crippen LogP contribution is 2.27. The average Bonchev–Trinajstić information content (AvgIpc) is 3.09. The monoisotopic (exact) mass is 304 g/mol. The second-order valence-corrected chi connectivity index (χ2v) is 6.45. The number of anilines is 1. The number of likely N-dealkylation sites (tertiary alicyclic amines) is 1. The van der Waals surface area contributed by atoms with Crippen molar-refractivity contribution < 1.29 is 4.74 Å². The molecule has 0 bridgehead atoms. The molecule has 1 N–H and O–H groups in total. The Hall–Kier alpha value is -1.36. The lowest BCUT2D eigenvalue weighted by Crippen LogP contribution is -2.41. The van der Waals surface area contributed by atoms with Crippen LogP contribution < -0.4 is 10.1 Å². The maximum Gasteiger partial charge on any atom is 0.225 e. The predicted molar refractivity (Wildman–Crippen MR) is 88.2 cm³/mol. The maximum absolute atomic E-state index is 5.41. The van der Waals surface area contributed by atoms with Gasteiger partial charge in [0.1, 0.15) is 0 Å². The van der Waals surface area contributed by atoms with Crippen LogP contribution in [0.25, 0.3) is 0 Å². The van der Waals surface area contributed by atoms with E-state index in [-0.39, 0.29) is 0 Å². The number of piperidine rings is 1. The lowest BCUT2D eigenvalue weighted by Gasteiger charge is -2.36. The largest absolute Gasteiger partial charge is 0.478 e. The summed E-state index contributed by atoms with van der Waals surface area (Å²) in [6.45, 7) is 6.09. The highest BCUT2D eigenvalue weighted by atomic mass is 16.5. The average molecular weight is 304 g/mol. The van der Waals surface area contributed by atoms with E-state index >= 15 is 0 Å². The molecule has 1 saturated heterocycles. The van der Waals surface area contributed by atoms with Gasteiger partial charge in [0, 0.05) is 24.8 Å². The molecule has 3 rings (SSSR count). The molecular weight excluding hydrogens is 276 g/mol. The summed E-state index contributed by atoms with van der Waals surface area (Å²) < 4.78 is 5.41. The fraction of sp³-hybridized carbons (Fsp3) is 0.765. The van der Waals surface area contributed by atoms with Crippen LogP contribution in [0.4, 0.5) is 5.95 Å². The highest BCUT2D eigenvalue weighted by Gasteiger charge is 2.26. The van der Waals surface area contributed by atoms with Gasteiger partial charge in [0.05, 0.1) is 6.61 Å². The fourth-order valence-corrected chi connectivity index (χ4v) is 3.68. The zero-order chi connectivity index (χ0) is 15.2. The van der Waals surface area contributed by atoms with E-state index in [4.69, 9.17) is 4.74 Å². The molecule has 0 spiro atoms. The number of aromatic nitrogens is 2. The van der Waals surface area contributed by atoms with Gasteiger partial charge in [-0.25, -0.2) is 4.98 Å². The molecule has 1 aliphatic heterocycles. The maximum atomic E-state index is 5.41. The molecule has 2 fully saturated rings. The van der Waals surface area contributed by atoms with Crippen molar-refractivity contribution in [3.05, 3.63) is 12.3 Å². The van der Waals surface area contributed by atoms with Crippen molar-refractivity contribution >= 4 is 5.95 Å². The Bertz CT molecular complexity index is 454. The first-order chi connectivity index (χ1) is 10.8. The Morgan fingerprint density at radius 2 is 2.00 bits per heavy atom. The molecule has 0 aromatic carbocycles. The summed E-state index contributed by atoms with van der Waals surface area (Å²) in [6.07, 6.45) is 10.0. The van der Waals surface area contributed by atoms with Crippen molar-refractivity contribution in [1.82, 2.24) is 14.9 Å². The molecule has 0 atom stereocenters. The van der Waals surface area contributed by atoms with E-state index in [0.29, 0.717) is 18.4 Å². The number of hydrogen-bond donors (Lipinski definition) is 1. The molecule has 1 aliphatic carbocycles. The number of hydrogen-bond acceptors (Lipinski definition) is 5. The first-order valence-electron chi connectivity index (χ1n) is 8.79. The minimum atomic E-state index is 0.635. The van der Waals surface area contributed by atoms with E-state index in [1.54, 1.807) is 12.3 Å². The minimum absolute atomic E-state index is 0.635. The summed E-state index contributed by atoms with van der Waals surface area (Å²) in [5.41, 5.74) is 0. The summed E-state index contributed by atoms with van der Waals surface area (Å²) >= 11 is 0. The molecule has 0 radical (unpaired) electrons. The topological polar surface area (TPSA) is 50.3 Å². The van der Waals surface area contributed by atoms with E-state index in [1.807, 2.05) is 6.92 Å². The van der Waals surface area contributed by atoms with Gasteiger partial charge in [0.2, 0.25) is 11.8 Å². The van der Waals surface area contributed by atoms with Crippen molar-refractivity contribution in [3.63, 3.8) is 0 Å². The fourth-order valence-electron chi connectivity index (χ4n) is 3.68. The molecular formula is C17H28N4O. The summed E-state index contributed by atoms with van der Waals surface area (Å²) in [6, 6.07) is 2.68. The van der Waals surface area contributed by atoms with Crippen LogP contribution in [-0.4, -0.2) is 47.2 Å². The smallest absolute Gasteiger partial charge is 0.225 e. The van der Waals surface area contributed by atoms with Gasteiger partial charge >= 0.3 is 0 Å². The molecule has 0 amide bonds. The van der Waals surface area contributed by atoms with Gasteiger partial charge in [-0.05, 0) is 51.6 Å². The van der Waals surface area contributed by atoms with E-state index in [1.165, 1.54) is 51.6 Å². The lowest BCUT2D eigenvalue weighted by atomic mass is 9.95. The zero-order valence-corrected chi connectivity index (χ0v) is 13.6. The summed E-state index contributed by atoms with van der Waals surface area (Å²) in [5.74, 6) is 2.07.